The summed E-state index contributed by atoms with van der Waals surface area (Å²) in [5, 5.41) is 0.671. The van der Waals surface area contributed by atoms with Crippen LogP contribution in [0.3, 0.4) is 0 Å². The Bertz CT molecular complexity index is 390. The van der Waals surface area contributed by atoms with Crippen molar-refractivity contribution in [3.63, 3.8) is 0 Å². The lowest BCUT2D eigenvalue weighted by atomic mass is 10.1. The fourth-order valence-corrected chi connectivity index (χ4v) is 2.10. The largest absolute Gasteiger partial charge is 0.342 e. The molecule has 0 unspecified atom stereocenters. The van der Waals surface area contributed by atoms with Crippen molar-refractivity contribution in [1.82, 2.24) is 4.90 Å². The van der Waals surface area contributed by atoms with Gasteiger partial charge in [0.05, 0.1) is 6.42 Å². The van der Waals surface area contributed by atoms with Gasteiger partial charge in [0.15, 0.2) is 0 Å². The number of benzene rings is 1. The molecular weight excluding hydrogens is 277 g/mol. The van der Waals surface area contributed by atoms with Gasteiger partial charge in [-0.2, -0.15) is 0 Å². The number of rotatable bonds is 2. The van der Waals surface area contributed by atoms with E-state index >= 15 is 0 Å². The van der Waals surface area contributed by atoms with Gasteiger partial charge in [0.25, 0.3) is 0 Å². The van der Waals surface area contributed by atoms with E-state index in [2.05, 4.69) is 15.9 Å². The number of likely N-dealkylation sites (tertiary alicyclic amines) is 1. The molecule has 0 atom stereocenters. The van der Waals surface area contributed by atoms with Gasteiger partial charge in [-0.3, -0.25) is 4.79 Å². The van der Waals surface area contributed by atoms with Crippen LogP contribution in [0.4, 0.5) is 0 Å². The van der Waals surface area contributed by atoms with E-state index in [4.69, 9.17) is 11.6 Å². The maximum absolute atomic E-state index is 11.7. The molecule has 4 heteroatoms. The number of carbonyl (C=O) groups is 1. The van der Waals surface area contributed by atoms with E-state index in [0.29, 0.717) is 11.4 Å². The topological polar surface area (TPSA) is 20.3 Å². The number of amides is 1. The van der Waals surface area contributed by atoms with E-state index in [9.17, 15) is 4.79 Å². The molecule has 1 aliphatic heterocycles. The van der Waals surface area contributed by atoms with Crippen molar-refractivity contribution in [2.45, 2.75) is 12.8 Å². The van der Waals surface area contributed by atoms with Crippen LogP contribution in [0.25, 0.3) is 0 Å². The summed E-state index contributed by atoms with van der Waals surface area (Å²) in [4.78, 5) is 13.6. The zero-order valence-corrected chi connectivity index (χ0v) is 10.5. The van der Waals surface area contributed by atoms with E-state index in [1.165, 1.54) is 0 Å². The quantitative estimate of drug-likeness (QED) is 0.819. The lowest BCUT2D eigenvalue weighted by Gasteiger charge is -2.31. The minimum absolute atomic E-state index is 0.184. The summed E-state index contributed by atoms with van der Waals surface area (Å²) in [5.74, 6) is 0.184. The first-order chi connectivity index (χ1) is 7.16. The van der Waals surface area contributed by atoms with E-state index < -0.39 is 0 Å². The first kappa shape index (κ1) is 11.0. The molecule has 1 aromatic carbocycles. The standard InChI is InChI=1S/C11H11BrClNO/c12-10-3-2-9(13)6-8(10)7-11(15)14-4-1-5-14/h2-3,6H,1,4-5,7H2. The van der Waals surface area contributed by atoms with Crippen LogP contribution in [0.1, 0.15) is 12.0 Å². The van der Waals surface area contributed by atoms with Crippen LogP contribution in [0.5, 0.6) is 0 Å². The third-order valence-corrected chi connectivity index (χ3v) is 3.57. The number of halogens is 2. The van der Waals surface area contributed by atoms with E-state index in [-0.39, 0.29) is 5.91 Å². The minimum atomic E-state index is 0.184. The third-order valence-electron chi connectivity index (χ3n) is 2.56. The Hall–Kier alpha value is -0.540. The first-order valence-electron chi connectivity index (χ1n) is 4.88. The Balaban J connectivity index is 2.09. The molecule has 0 saturated carbocycles. The van der Waals surface area contributed by atoms with Crippen molar-refractivity contribution >= 4 is 33.4 Å². The molecule has 2 rings (SSSR count). The maximum atomic E-state index is 11.7. The summed E-state index contributed by atoms with van der Waals surface area (Å²) in [6, 6.07) is 5.52. The van der Waals surface area contributed by atoms with Gasteiger partial charge in [0, 0.05) is 22.6 Å². The Kier molecular flexibility index (Phi) is 3.32. The second kappa shape index (κ2) is 4.54. The van der Waals surface area contributed by atoms with E-state index in [1.54, 1.807) is 0 Å². The second-order valence-corrected chi connectivity index (χ2v) is 4.94. The van der Waals surface area contributed by atoms with Crippen LogP contribution in [0, 0.1) is 0 Å². The highest BCUT2D eigenvalue weighted by atomic mass is 79.9. The van der Waals surface area contributed by atoms with E-state index in [1.807, 2.05) is 23.1 Å². The van der Waals surface area contributed by atoms with Gasteiger partial charge in [-0.25, -0.2) is 0 Å². The second-order valence-electron chi connectivity index (χ2n) is 3.65. The summed E-state index contributed by atoms with van der Waals surface area (Å²) in [6.45, 7) is 1.80. The number of hydrogen-bond donors (Lipinski definition) is 0. The van der Waals surface area contributed by atoms with Gasteiger partial charge >= 0.3 is 0 Å². The number of hydrogen-bond acceptors (Lipinski definition) is 1. The van der Waals surface area contributed by atoms with Gasteiger partial charge in [-0.1, -0.05) is 27.5 Å². The molecule has 0 radical (unpaired) electrons. The molecule has 1 aromatic rings. The van der Waals surface area contributed by atoms with E-state index in [0.717, 1.165) is 29.5 Å². The fourth-order valence-electron chi connectivity index (χ4n) is 1.52. The third kappa shape index (κ3) is 2.52. The molecule has 1 fully saturated rings. The van der Waals surface area contributed by atoms with Crippen molar-refractivity contribution in [2.75, 3.05) is 13.1 Å². The monoisotopic (exact) mass is 287 g/mol. The van der Waals surface area contributed by atoms with Gasteiger partial charge in [-0.05, 0) is 30.2 Å². The summed E-state index contributed by atoms with van der Waals surface area (Å²) in [7, 11) is 0. The Morgan fingerprint density at radius 3 is 2.80 bits per heavy atom. The maximum Gasteiger partial charge on any atom is 0.227 e. The van der Waals surface area contributed by atoms with Gasteiger partial charge in [-0.15, -0.1) is 0 Å². The molecule has 80 valence electrons. The summed E-state index contributed by atoms with van der Waals surface area (Å²) >= 11 is 9.30. The Morgan fingerprint density at radius 1 is 1.47 bits per heavy atom. The highest BCUT2D eigenvalue weighted by molar-refractivity contribution is 9.10. The lowest BCUT2D eigenvalue weighted by molar-refractivity contribution is -0.133. The molecule has 0 aromatic heterocycles. The number of carbonyl (C=O) groups excluding carboxylic acids is 1. The van der Waals surface area contributed by atoms with Crippen molar-refractivity contribution in [2.24, 2.45) is 0 Å². The van der Waals surface area contributed by atoms with Crippen molar-refractivity contribution < 1.29 is 4.79 Å². The van der Waals surface area contributed by atoms with Gasteiger partial charge in [0.1, 0.15) is 0 Å². The summed E-state index contributed by atoms with van der Waals surface area (Å²) in [5.41, 5.74) is 0.958. The van der Waals surface area contributed by atoms with Crippen LogP contribution in [0.2, 0.25) is 5.02 Å². The molecule has 0 aliphatic carbocycles. The molecule has 1 heterocycles. The average Bonchev–Trinajstić information content (AvgIpc) is 2.08. The molecular formula is C11H11BrClNO. The molecule has 1 saturated heterocycles. The zero-order valence-electron chi connectivity index (χ0n) is 8.17. The lowest BCUT2D eigenvalue weighted by Crippen LogP contribution is -2.42. The smallest absolute Gasteiger partial charge is 0.227 e. The molecule has 0 bridgehead atoms. The molecule has 2 nitrogen and oxygen atoms in total. The SMILES string of the molecule is O=C(Cc1cc(Cl)ccc1Br)N1CCC1. The molecule has 0 N–H and O–H groups in total. The molecule has 1 amide bonds. The normalized spacial score (nSPS) is 14.9. The van der Waals surface area contributed by atoms with Crippen LogP contribution in [-0.2, 0) is 11.2 Å². The predicted molar refractivity (Wildman–Crippen MR) is 64.1 cm³/mol. The van der Waals surface area contributed by atoms with Gasteiger partial charge in [0.2, 0.25) is 5.91 Å². The van der Waals surface area contributed by atoms with Crippen molar-refractivity contribution in [3.8, 4) is 0 Å². The Labute approximate surface area is 102 Å². The van der Waals surface area contributed by atoms with Crippen LogP contribution >= 0.6 is 27.5 Å². The highest BCUT2D eigenvalue weighted by Crippen LogP contribution is 2.22. The predicted octanol–water partition coefficient (Wildman–Crippen LogP) is 2.88. The van der Waals surface area contributed by atoms with Crippen LogP contribution in [0.15, 0.2) is 22.7 Å². The molecule has 1 aliphatic rings. The zero-order chi connectivity index (χ0) is 10.8. The molecule has 0 spiro atoms. The number of nitrogens with zero attached hydrogens (tertiary/aromatic N) is 1. The van der Waals surface area contributed by atoms with Gasteiger partial charge < -0.3 is 4.90 Å². The average molecular weight is 289 g/mol. The van der Waals surface area contributed by atoms with Crippen molar-refractivity contribution in [1.29, 1.82) is 0 Å². The highest BCUT2D eigenvalue weighted by Gasteiger charge is 2.20. The summed E-state index contributed by atoms with van der Waals surface area (Å²) in [6.07, 6.45) is 1.56. The van der Waals surface area contributed by atoms with Crippen LogP contribution in [-0.4, -0.2) is 23.9 Å². The Morgan fingerprint density at radius 2 is 2.20 bits per heavy atom. The van der Waals surface area contributed by atoms with Crippen molar-refractivity contribution in [3.05, 3.63) is 33.3 Å². The summed E-state index contributed by atoms with van der Waals surface area (Å²) < 4.78 is 0.945. The fraction of sp³-hybridized carbons (Fsp3) is 0.364. The minimum Gasteiger partial charge on any atom is -0.342 e. The first-order valence-corrected chi connectivity index (χ1v) is 6.05. The molecule has 15 heavy (non-hydrogen) atoms. The van der Waals surface area contributed by atoms with Crippen LogP contribution < -0.4 is 0 Å².